The highest BCUT2D eigenvalue weighted by Gasteiger charge is 2.31. The van der Waals surface area contributed by atoms with Gasteiger partial charge in [-0.15, -0.1) is 12.4 Å². The number of carbonyl (C=O) groups excluding carboxylic acids is 1. The minimum Gasteiger partial charge on any atom is -0.341 e. The fraction of sp³-hybridized carbons (Fsp3) is 0.588. The number of rotatable bonds is 5. The number of piperidine rings is 1. The first-order chi connectivity index (χ1) is 11.3. The molecule has 0 bridgehead atoms. The van der Waals surface area contributed by atoms with Crippen LogP contribution in [-0.4, -0.2) is 55.5 Å². The molecule has 1 heterocycles. The molecule has 1 fully saturated rings. The van der Waals surface area contributed by atoms with Crippen LogP contribution < -0.4 is 5.73 Å². The van der Waals surface area contributed by atoms with Crippen molar-refractivity contribution in [2.75, 3.05) is 25.9 Å². The van der Waals surface area contributed by atoms with Gasteiger partial charge in [-0.1, -0.05) is 29.8 Å². The van der Waals surface area contributed by atoms with Crippen LogP contribution in [-0.2, 0) is 14.8 Å². The molecule has 1 atom stereocenters. The Labute approximate surface area is 156 Å². The van der Waals surface area contributed by atoms with Crippen LogP contribution in [0.25, 0.3) is 0 Å². The highest BCUT2D eigenvalue weighted by atomic mass is 35.5. The van der Waals surface area contributed by atoms with Gasteiger partial charge in [-0.05, 0) is 32.3 Å². The lowest BCUT2D eigenvalue weighted by Gasteiger charge is -2.37. The first-order valence-corrected chi connectivity index (χ1v) is 9.94. The van der Waals surface area contributed by atoms with Crippen LogP contribution in [0.2, 0.25) is 0 Å². The van der Waals surface area contributed by atoms with Crippen LogP contribution in [0.4, 0.5) is 0 Å². The summed E-state index contributed by atoms with van der Waals surface area (Å²) < 4.78 is 25.4. The molecule has 1 aromatic rings. The normalized spacial score (nSPS) is 17.2. The lowest BCUT2D eigenvalue weighted by Crippen LogP contribution is -2.49. The average Bonchev–Trinajstić information content (AvgIpc) is 2.60. The van der Waals surface area contributed by atoms with E-state index >= 15 is 0 Å². The summed E-state index contributed by atoms with van der Waals surface area (Å²) in [5, 5.41) is 0. The van der Waals surface area contributed by atoms with Gasteiger partial charge in [0.05, 0.1) is 5.75 Å². The van der Waals surface area contributed by atoms with E-state index < -0.39 is 16.1 Å². The van der Waals surface area contributed by atoms with E-state index in [0.29, 0.717) is 25.9 Å². The molecule has 1 amide bonds. The van der Waals surface area contributed by atoms with E-state index in [4.69, 9.17) is 5.73 Å². The number of likely N-dealkylation sites (tertiary alicyclic amines) is 1. The molecule has 1 aliphatic heterocycles. The van der Waals surface area contributed by atoms with Crippen molar-refractivity contribution < 1.29 is 13.2 Å². The first kappa shape index (κ1) is 21.9. The standard InChI is InChI=1S/C17H27N3O3S.ClH/c1-4-24(22,23)19(3)15-9-11-20(12-10-15)17(21)16(18)14-7-5-13(2)6-8-14;/h5-8,15-16H,4,9-12,18H2,1-3H3;1H. The molecule has 142 valence electrons. The smallest absolute Gasteiger partial charge is 0.244 e. The van der Waals surface area contributed by atoms with Crippen molar-refractivity contribution in [2.24, 2.45) is 5.73 Å². The van der Waals surface area contributed by atoms with Crippen molar-refractivity contribution in [3.8, 4) is 0 Å². The fourth-order valence-electron chi connectivity index (χ4n) is 2.99. The van der Waals surface area contributed by atoms with Gasteiger partial charge in [-0.3, -0.25) is 4.79 Å². The molecular weight excluding hydrogens is 362 g/mol. The molecule has 0 radical (unpaired) electrons. The monoisotopic (exact) mass is 389 g/mol. The van der Waals surface area contributed by atoms with Crippen molar-refractivity contribution in [3.05, 3.63) is 35.4 Å². The van der Waals surface area contributed by atoms with Gasteiger partial charge in [0.1, 0.15) is 6.04 Å². The summed E-state index contributed by atoms with van der Waals surface area (Å²) in [5.74, 6) is -0.000634. The number of nitrogens with zero attached hydrogens (tertiary/aromatic N) is 2. The molecule has 1 unspecified atom stereocenters. The maximum atomic E-state index is 12.6. The Kier molecular flexibility index (Phi) is 7.87. The average molecular weight is 390 g/mol. The van der Waals surface area contributed by atoms with Gasteiger partial charge >= 0.3 is 0 Å². The summed E-state index contributed by atoms with van der Waals surface area (Å²) in [6.07, 6.45) is 1.28. The topological polar surface area (TPSA) is 83.7 Å². The number of nitrogens with two attached hydrogens (primary N) is 1. The van der Waals surface area contributed by atoms with Crippen molar-refractivity contribution in [3.63, 3.8) is 0 Å². The third-order valence-corrected chi connectivity index (χ3v) is 6.70. The van der Waals surface area contributed by atoms with Crippen LogP contribution >= 0.6 is 12.4 Å². The molecule has 1 saturated heterocycles. The Morgan fingerprint density at radius 1 is 1.28 bits per heavy atom. The van der Waals surface area contributed by atoms with E-state index in [1.807, 2.05) is 31.2 Å². The number of carbonyl (C=O) groups is 1. The number of hydrogen-bond acceptors (Lipinski definition) is 4. The zero-order valence-electron chi connectivity index (χ0n) is 15.0. The van der Waals surface area contributed by atoms with E-state index in [2.05, 4.69) is 0 Å². The maximum absolute atomic E-state index is 12.6. The van der Waals surface area contributed by atoms with Crippen molar-refractivity contribution >= 4 is 28.3 Å². The quantitative estimate of drug-likeness (QED) is 0.830. The summed E-state index contributed by atoms with van der Waals surface area (Å²) in [5.41, 5.74) is 8.04. The Hall–Kier alpha value is -1.15. The molecule has 6 nitrogen and oxygen atoms in total. The molecule has 0 spiro atoms. The van der Waals surface area contributed by atoms with Crippen LogP contribution in [0.3, 0.4) is 0 Å². The fourth-order valence-corrected chi connectivity index (χ4v) is 4.07. The summed E-state index contributed by atoms with van der Waals surface area (Å²) >= 11 is 0. The predicted molar refractivity (Wildman–Crippen MR) is 102 cm³/mol. The van der Waals surface area contributed by atoms with Gasteiger partial charge in [0, 0.05) is 26.2 Å². The van der Waals surface area contributed by atoms with Crippen molar-refractivity contribution in [1.82, 2.24) is 9.21 Å². The third kappa shape index (κ3) is 5.17. The van der Waals surface area contributed by atoms with Gasteiger partial charge in [-0.25, -0.2) is 12.7 Å². The minimum absolute atomic E-state index is 0. The van der Waals surface area contributed by atoms with Gasteiger partial charge < -0.3 is 10.6 Å². The number of aryl methyl sites for hydroxylation is 1. The van der Waals surface area contributed by atoms with E-state index in [1.165, 1.54) is 4.31 Å². The molecule has 8 heteroatoms. The molecule has 0 aromatic heterocycles. The Bertz CT molecular complexity index is 671. The second-order valence-corrected chi connectivity index (χ2v) is 8.68. The first-order valence-electron chi connectivity index (χ1n) is 8.33. The van der Waals surface area contributed by atoms with E-state index in [-0.39, 0.29) is 30.1 Å². The largest absolute Gasteiger partial charge is 0.341 e. The van der Waals surface area contributed by atoms with Crippen LogP contribution in [0.15, 0.2) is 24.3 Å². The molecule has 0 aliphatic carbocycles. The van der Waals surface area contributed by atoms with Crippen molar-refractivity contribution in [2.45, 2.75) is 38.8 Å². The van der Waals surface area contributed by atoms with E-state index in [9.17, 15) is 13.2 Å². The van der Waals surface area contributed by atoms with Crippen LogP contribution in [0, 0.1) is 6.92 Å². The van der Waals surface area contributed by atoms with Gasteiger partial charge in [0.25, 0.3) is 0 Å². The Morgan fingerprint density at radius 3 is 2.28 bits per heavy atom. The Balaban J connectivity index is 0.00000312. The predicted octanol–water partition coefficient (Wildman–Crippen LogP) is 1.69. The van der Waals surface area contributed by atoms with Crippen LogP contribution in [0.5, 0.6) is 0 Å². The van der Waals surface area contributed by atoms with E-state index in [1.54, 1.807) is 18.9 Å². The second-order valence-electron chi connectivity index (χ2n) is 6.36. The summed E-state index contributed by atoms with van der Waals surface area (Å²) in [7, 11) is -1.57. The molecule has 2 rings (SSSR count). The van der Waals surface area contributed by atoms with Crippen LogP contribution in [0.1, 0.15) is 36.9 Å². The summed E-state index contributed by atoms with van der Waals surface area (Å²) in [6.45, 7) is 4.70. The van der Waals surface area contributed by atoms with Crippen molar-refractivity contribution in [1.29, 1.82) is 0 Å². The highest BCUT2D eigenvalue weighted by molar-refractivity contribution is 7.89. The summed E-state index contributed by atoms with van der Waals surface area (Å²) in [4.78, 5) is 14.3. The SMILES string of the molecule is CCS(=O)(=O)N(C)C1CCN(C(=O)C(N)c2ccc(C)cc2)CC1.Cl. The molecule has 1 aliphatic rings. The molecular formula is C17H28ClN3O3S. The number of halogens is 1. The molecule has 2 N–H and O–H groups in total. The second kappa shape index (κ2) is 8.98. The van der Waals surface area contributed by atoms with Gasteiger partial charge in [0.2, 0.25) is 15.9 Å². The lowest BCUT2D eigenvalue weighted by molar-refractivity contribution is -0.134. The number of amides is 1. The lowest BCUT2D eigenvalue weighted by atomic mass is 10.0. The third-order valence-electron chi connectivity index (χ3n) is 4.80. The minimum atomic E-state index is -3.19. The molecule has 0 saturated carbocycles. The highest BCUT2D eigenvalue weighted by Crippen LogP contribution is 2.21. The number of hydrogen-bond donors (Lipinski definition) is 1. The summed E-state index contributed by atoms with van der Waals surface area (Å²) in [6, 6.07) is 6.94. The number of sulfonamides is 1. The number of benzene rings is 1. The van der Waals surface area contributed by atoms with E-state index in [0.717, 1.165) is 11.1 Å². The zero-order valence-corrected chi connectivity index (χ0v) is 16.6. The Morgan fingerprint density at radius 2 is 1.80 bits per heavy atom. The van der Waals surface area contributed by atoms with Gasteiger partial charge in [-0.2, -0.15) is 0 Å². The molecule has 25 heavy (non-hydrogen) atoms. The van der Waals surface area contributed by atoms with Gasteiger partial charge in [0.15, 0.2) is 0 Å². The zero-order chi connectivity index (χ0) is 17.9. The molecule has 1 aromatic carbocycles. The maximum Gasteiger partial charge on any atom is 0.244 e.